The molecule has 2 N–H and O–H groups in total. The zero-order valence-electron chi connectivity index (χ0n) is 19.7. The minimum atomic E-state index is -0.851. The van der Waals surface area contributed by atoms with Crippen molar-refractivity contribution in [3.63, 3.8) is 0 Å². The third-order valence-electron chi connectivity index (χ3n) is 4.92. The van der Waals surface area contributed by atoms with Crippen molar-refractivity contribution in [2.45, 2.75) is 52.0 Å². The lowest BCUT2D eigenvalue weighted by atomic mass is 10.0. The Morgan fingerprint density at radius 2 is 1.59 bits per heavy atom. The molecule has 1 unspecified atom stereocenters. The fourth-order valence-electron chi connectivity index (χ4n) is 3.09. The highest BCUT2D eigenvalue weighted by Crippen LogP contribution is 2.13. The molecule has 0 saturated heterocycles. The highest BCUT2D eigenvalue weighted by molar-refractivity contribution is 5.98. The van der Waals surface area contributed by atoms with Gasteiger partial charge in [0, 0.05) is 18.5 Å². The standard InChI is InChI=1S/C26H32N2O6/c1-3-5-17-34-26(32)20-11-13-21(14-12-20)27-25(31)22(18-19-9-7-6-8-10-19)28-23(29)15-16-24(30)33-4-2/h6-14,22H,3-5,15-18H2,1-2H3,(H,27,31)(H,28,29). The Morgan fingerprint density at radius 1 is 0.882 bits per heavy atom. The van der Waals surface area contributed by atoms with Crippen LogP contribution >= 0.6 is 0 Å². The lowest BCUT2D eigenvalue weighted by molar-refractivity contribution is -0.144. The fourth-order valence-corrected chi connectivity index (χ4v) is 3.09. The molecular formula is C26H32N2O6. The summed E-state index contributed by atoms with van der Waals surface area (Å²) >= 11 is 0. The lowest BCUT2D eigenvalue weighted by Crippen LogP contribution is -2.45. The second kappa shape index (κ2) is 14.5. The number of hydrogen-bond acceptors (Lipinski definition) is 6. The number of rotatable bonds is 13. The molecule has 0 bridgehead atoms. The van der Waals surface area contributed by atoms with Gasteiger partial charge >= 0.3 is 11.9 Å². The van der Waals surface area contributed by atoms with E-state index in [1.807, 2.05) is 37.3 Å². The Hall–Kier alpha value is -3.68. The van der Waals surface area contributed by atoms with Crippen LogP contribution in [0.1, 0.15) is 55.5 Å². The number of carbonyl (C=O) groups excluding carboxylic acids is 4. The van der Waals surface area contributed by atoms with Crippen LogP contribution in [0.2, 0.25) is 0 Å². The number of nitrogens with one attached hydrogen (secondary N) is 2. The highest BCUT2D eigenvalue weighted by atomic mass is 16.5. The predicted molar refractivity (Wildman–Crippen MR) is 128 cm³/mol. The summed E-state index contributed by atoms with van der Waals surface area (Å²) in [6.07, 6.45) is 1.87. The molecule has 0 aliphatic carbocycles. The molecule has 34 heavy (non-hydrogen) atoms. The van der Waals surface area contributed by atoms with Gasteiger partial charge in [0.15, 0.2) is 0 Å². The van der Waals surface area contributed by atoms with E-state index in [0.717, 1.165) is 18.4 Å². The highest BCUT2D eigenvalue weighted by Gasteiger charge is 2.22. The van der Waals surface area contributed by atoms with E-state index in [1.54, 1.807) is 31.2 Å². The van der Waals surface area contributed by atoms with Crippen molar-refractivity contribution in [3.05, 3.63) is 65.7 Å². The molecule has 0 spiro atoms. The zero-order valence-corrected chi connectivity index (χ0v) is 19.7. The van der Waals surface area contributed by atoms with Crippen LogP contribution < -0.4 is 10.6 Å². The normalized spacial score (nSPS) is 11.2. The first-order valence-corrected chi connectivity index (χ1v) is 11.5. The van der Waals surface area contributed by atoms with Crippen molar-refractivity contribution in [2.24, 2.45) is 0 Å². The average Bonchev–Trinajstić information content (AvgIpc) is 2.83. The first-order valence-electron chi connectivity index (χ1n) is 11.5. The summed E-state index contributed by atoms with van der Waals surface area (Å²) in [6.45, 7) is 4.32. The van der Waals surface area contributed by atoms with Gasteiger partial charge in [-0.25, -0.2) is 4.79 Å². The van der Waals surface area contributed by atoms with E-state index in [4.69, 9.17) is 9.47 Å². The molecule has 0 fully saturated rings. The van der Waals surface area contributed by atoms with Gasteiger partial charge in [0.1, 0.15) is 6.04 Å². The van der Waals surface area contributed by atoms with E-state index in [0.29, 0.717) is 17.9 Å². The van der Waals surface area contributed by atoms with Crippen LogP contribution in [-0.2, 0) is 30.3 Å². The quantitative estimate of drug-likeness (QED) is 0.343. The maximum absolute atomic E-state index is 13.0. The number of anilines is 1. The molecule has 8 heteroatoms. The molecule has 0 aliphatic heterocycles. The molecule has 0 radical (unpaired) electrons. The van der Waals surface area contributed by atoms with Gasteiger partial charge in [-0.05, 0) is 43.2 Å². The van der Waals surface area contributed by atoms with Gasteiger partial charge in [0.25, 0.3) is 0 Å². The van der Waals surface area contributed by atoms with Gasteiger partial charge < -0.3 is 20.1 Å². The van der Waals surface area contributed by atoms with Crippen molar-refractivity contribution in [3.8, 4) is 0 Å². The summed E-state index contributed by atoms with van der Waals surface area (Å²) in [5.74, 6) is -1.71. The second-order valence-electron chi connectivity index (χ2n) is 7.67. The SMILES string of the molecule is CCCCOC(=O)c1ccc(NC(=O)C(Cc2ccccc2)NC(=O)CCC(=O)OCC)cc1. The number of carbonyl (C=O) groups is 4. The maximum atomic E-state index is 13.0. The summed E-state index contributed by atoms with van der Waals surface area (Å²) in [4.78, 5) is 48.9. The molecular weight excluding hydrogens is 436 g/mol. The Bertz CT molecular complexity index is 944. The smallest absolute Gasteiger partial charge is 0.338 e. The number of unbranched alkanes of at least 4 members (excludes halogenated alkanes) is 1. The third-order valence-corrected chi connectivity index (χ3v) is 4.92. The number of amides is 2. The first kappa shape index (κ1) is 26.6. The molecule has 0 aromatic heterocycles. The van der Waals surface area contributed by atoms with Gasteiger partial charge in [-0.3, -0.25) is 14.4 Å². The molecule has 8 nitrogen and oxygen atoms in total. The molecule has 0 heterocycles. The van der Waals surface area contributed by atoms with E-state index in [9.17, 15) is 19.2 Å². The average molecular weight is 469 g/mol. The monoisotopic (exact) mass is 468 g/mol. The van der Waals surface area contributed by atoms with Gasteiger partial charge in [0.05, 0.1) is 25.2 Å². The molecule has 182 valence electrons. The van der Waals surface area contributed by atoms with Crippen molar-refractivity contribution in [1.29, 1.82) is 0 Å². The lowest BCUT2D eigenvalue weighted by Gasteiger charge is -2.19. The van der Waals surface area contributed by atoms with E-state index in [1.165, 1.54) is 0 Å². The maximum Gasteiger partial charge on any atom is 0.338 e. The summed E-state index contributed by atoms with van der Waals surface area (Å²) < 4.78 is 10.0. The third kappa shape index (κ3) is 9.44. The van der Waals surface area contributed by atoms with Crippen molar-refractivity contribution in [1.82, 2.24) is 5.32 Å². The van der Waals surface area contributed by atoms with E-state index >= 15 is 0 Å². The molecule has 2 aromatic carbocycles. The summed E-state index contributed by atoms with van der Waals surface area (Å²) in [6, 6.07) is 14.8. The minimum absolute atomic E-state index is 0.0604. The molecule has 2 rings (SSSR count). The molecule has 2 amide bonds. The zero-order chi connectivity index (χ0) is 24.8. The summed E-state index contributed by atoms with van der Waals surface area (Å²) in [5.41, 5.74) is 1.75. The van der Waals surface area contributed by atoms with Gasteiger partial charge in [-0.1, -0.05) is 43.7 Å². The number of esters is 2. The van der Waals surface area contributed by atoms with Crippen LogP contribution in [0.25, 0.3) is 0 Å². The summed E-state index contributed by atoms with van der Waals surface area (Å²) in [5, 5.41) is 5.48. The Labute approximate surface area is 200 Å². The topological polar surface area (TPSA) is 111 Å². The van der Waals surface area contributed by atoms with Gasteiger partial charge in [0.2, 0.25) is 11.8 Å². The van der Waals surface area contributed by atoms with Crippen LogP contribution in [0.4, 0.5) is 5.69 Å². The first-order chi connectivity index (χ1) is 16.4. The van der Waals surface area contributed by atoms with E-state index in [-0.39, 0.29) is 25.9 Å². The molecule has 1 atom stereocenters. The molecule has 0 aliphatic rings. The molecule has 2 aromatic rings. The Morgan fingerprint density at radius 3 is 2.24 bits per heavy atom. The number of hydrogen-bond donors (Lipinski definition) is 2. The van der Waals surface area contributed by atoms with Gasteiger partial charge in [-0.2, -0.15) is 0 Å². The Balaban J connectivity index is 2.02. The van der Waals surface area contributed by atoms with Gasteiger partial charge in [-0.15, -0.1) is 0 Å². The van der Waals surface area contributed by atoms with Crippen LogP contribution in [0.15, 0.2) is 54.6 Å². The van der Waals surface area contributed by atoms with Crippen molar-refractivity contribution >= 4 is 29.4 Å². The fraction of sp³-hybridized carbons (Fsp3) is 0.385. The Kier molecular flexibility index (Phi) is 11.3. The number of ether oxygens (including phenoxy) is 2. The van der Waals surface area contributed by atoms with E-state index in [2.05, 4.69) is 10.6 Å². The summed E-state index contributed by atoms with van der Waals surface area (Å²) in [7, 11) is 0. The predicted octanol–water partition coefficient (Wildman–Crippen LogP) is 3.65. The second-order valence-corrected chi connectivity index (χ2v) is 7.67. The van der Waals surface area contributed by atoms with Crippen LogP contribution in [0.5, 0.6) is 0 Å². The van der Waals surface area contributed by atoms with Crippen LogP contribution in [0, 0.1) is 0 Å². The van der Waals surface area contributed by atoms with E-state index < -0.39 is 29.8 Å². The van der Waals surface area contributed by atoms with Crippen molar-refractivity contribution < 1.29 is 28.7 Å². The van der Waals surface area contributed by atoms with Crippen LogP contribution in [-0.4, -0.2) is 43.0 Å². The van der Waals surface area contributed by atoms with Crippen molar-refractivity contribution in [2.75, 3.05) is 18.5 Å². The minimum Gasteiger partial charge on any atom is -0.466 e. The molecule has 0 saturated carbocycles. The largest absolute Gasteiger partial charge is 0.466 e. The number of benzene rings is 2. The van der Waals surface area contributed by atoms with Crippen LogP contribution in [0.3, 0.4) is 0 Å².